The smallest absolute Gasteiger partial charge is 0.340 e. The molecule has 0 unspecified atom stereocenters. The van der Waals surface area contributed by atoms with Gasteiger partial charge in [0.15, 0.2) is 0 Å². The molecule has 0 aliphatic carbocycles. The number of H-pyrrole nitrogens is 1. The number of aryl methyl sites for hydroxylation is 1. The quantitative estimate of drug-likeness (QED) is 0.586. The van der Waals surface area contributed by atoms with Crippen molar-refractivity contribution in [2.75, 3.05) is 6.61 Å². The van der Waals surface area contributed by atoms with Gasteiger partial charge in [-0.05, 0) is 12.5 Å². The molecule has 1 N–H and O–H groups in total. The monoisotopic (exact) mass is 179 g/mol. The van der Waals surface area contributed by atoms with E-state index in [2.05, 4.69) is 4.98 Å². The number of esters is 1. The topological polar surface area (TPSA) is 59.2 Å². The fourth-order valence-electron chi connectivity index (χ4n) is 1.54. The van der Waals surface area contributed by atoms with Crippen LogP contribution < -0.4 is 5.56 Å². The van der Waals surface area contributed by atoms with Gasteiger partial charge in [0.05, 0.1) is 12.2 Å². The minimum absolute atomic E-state index is 0.161. The number of hydrogen-bond acceptors (Lipinski definition) is 3. The molecule has 1 aromatic heterocycles. The largest absolute Gasteiger partial charge is 0.462 e. The van der Waals surface area contributed by atoms with Crippen LogP contribution in [0.25, 0.3) is 0 Å². The summed E-state index contributed by atoms with van der Waals surface area (Å²) in [5.74, 6) is -0.338. The molecule has 2 rings (SSSR count). The summed E-state index contributed by atoms with van der Waals surface area (Å²) in [6, 6.07) is 1.41. The summed E-state index contributed by atoms with van der Waals surface area (Å²) in [4.78, 5) is 25.0. The van der Waals surface area contributed by atoms with Gasteiger partial charge in [-0.2, -0.15) is 0 Å². The summed E-state index contributed by atoms with van der Waals surface area (Å²) in [5.41, 5.74) is 1.74. The fourth-order valence-corrected chi connectivity index (χ4v) is 1.54. The van der Waals surface area contributed by atoms with Gasteiger partial charge in [-0.15, -0.1) is 0 Å². The van der Waals surface area contributed by atoms with Crippen LogP contribution in [0.5, 0.6) is 0 Å². The third-order valence-corrected chi connectivity index (χ3v) is 2.11. The van der Waals surface area contributed by atoms with E-state index in [1.165, 1.54) is 6.07 Å². The van der Waals surface area contributed by atoms with Gasteiger partial charge in [-0.1, -0.05) is 0 Å². The van der Waals surface area contributed by atoms with Crippen LogP contribution in [0.2, 0.25) is 0 Å². The third kappa shape index (κ3) is 1.24. The SMILES string of the molecule is Cc1cc(=O)[nH]c2c1C(=O)OCC2. The van der Waals surface area contributed by atoms with Gasteiger partial charge in [0.1, 0.15) is 0 Å². The minimum Gasteiger partial charge on any atom is -0.462 e. The molecule has 0 aromatic carbocycles. The van der Waals surface area contributed by atoms with Crippen molar-refractivity contribution < 1.29 is 9.53 Å². The molecule has 0 radical (unpaired) electrons. The molecular formula is C9H9NO3. The van der Waals surface area contributed by atoms with E-state index in [1.807, 2.05) is 0 Å². The van der Waals surface area contributed by atoms with Crippen molar-refractivity contribution in [1.29, 1.82) is 0 Å². The van der Waals surface area contributed by atoms with Gasteiger partial charge in [0.25, 0.3) is 0 Å². The van der Waals surface area contributed by atoms with Crippen LogP contribution in [0.15, 0.2) is 10.9 Å². The predicted octanol–water partition coefficient (Wildman–Crippen LogP) is 0.396. The van der Waals surface area contributed by atoms with Gasteiger partial charge in [-0.3, -0.25) is 4.79 Å². The highest BCUT2D eigenvalue weighted by atomic mass is 16.5. The van der Waals surface area contributed by atoms with Crippen molar-refractivity contribution in [2.24, 2.45) is 0 Å². The van der Waals surface area contributed by atoms with Crippen LogP contribution in [0.3, 0.4) is 0 Å². The second-order valence-corrected chi connectivity index (χ2v) is 3.06. The molecule has 68 valence electrons. The highest BCUT2D eigenvalue weighted by molar-refractivity contribution is 5.92. The first-order valence-corrected chi connectivity index (χ1v) is 4.08. The lowest BCUT2D eigenvalue weighted by atomic mass is 10.0. The maximum absolute atomic E-state index is 11.3. The first-order valence-electron chi connectivity index (χ1n) is 4.08. The molecule has 0 fully saturated rings. The molecule has 0 bridgehead atoms. The zero-order valence-electron chi connectivity index (χ0n) is 7.22. The zero-order chi connectivity index (χ0) is 9.42. The molecule has 4 heteroatoms. The number of carbonyl (C=O) groups is 1. The highest BCUT2D eigenvalue weighted by Gasteiger charge is 2.21. The lowest BCUT2D eigenvalue weighted by Gasteiger charge is -2.16. The van der Waals surface area contributed by atoms with Crippen LogP contribution in [0, 0.1) is 6.92 Å². The molecule has 1 aliphatic rings. The van der Waals surface area contributed by atoms with E-state index >= 15 is 0 Å². The van der Waals surface area contributed by atoms with E-state index < -0.39 is 0 Å². The standard InChI is InChI=1S/C9H9NO3/c1-5-4-7(11)10-6-2-3-13-9(12)8(5)6/h4H,2-3H2,1H3,(H,10,11). The zero-order valence-corrected chi connectivity index (χ0v) is 7.22. The Morgan fingerprint density at radius 1 is 1.46 bits per heavy atom. The van der Waals surface area contributed by atoms with Crippen molar-refractivity contribution >= 4 is 5.97 Å². The Morgan fingerprint density at radius 2 is 2.23 bits per heavy atom. The summed E-state index contributed by atoms with van der Waals surface area (Å²) in [7, 11) is 0. The second-order valence-electron chi connectivity index (χ2n) is 3.06. The lowest BCUT2D eigenvalue weighted by molar-refractivity contribution is 0.0476. The van der Waals surface area contributed by atoms with Crippen molar-refractivity contribution in [3.63, 3.8) is 0 Å². The van der Waals surface area contributed by atoms with Gasteiger partial charge < -0.3 is 9.72 Å². The summed E-state index contributed by atoms with van der Waals surface area (Å²) in [6.07, 6.45) is 0.595. The van der Waals surface area contributed by atoms with Gasteiger partial charge in [0.2, 0.25) is 5.56 Å². The number of cyclic esters (lactones) is 1. The predicted molar refractivity (Wildman–Crippen MR) is 45.8 cm³/mol. The first-order chi connectivity index (χ1) is 6.18. The number of rotatable bonds is 0. The second kappa shape index (κ2) is 2.73. The molecule has 0 atom stereocenters. The first kappa shape index (κ1) is 8.04. The van der Waals surface area contributed by atoms with E-state index in [-0.39, 0.29) is 11.5 Å². The number of ether oxygens (including phenoxy) is 1. The van der Waals surface area contributed by atoms with E-state index in [1.54, 1.807) is 6.92 Å². The number of aromatic amines is 1. The molecule has 0 spiro atoms. The number of aromatic nitrogens is 1. The Hall–Kier alpha value is -1.58. The number of carbonyl (C=O) groups excluding carboxylic acids is 1. The molecule has 1 aliphatic heterocycles. The Morgan fingerprint density at radius 3 is 3.00 bits per heavy atom. The van der Waals surface area contributed by atoms with Crippen LogP contribution >= 0.6 is 0 Å². The van der Waals surface area contributed by atoms with Crippen LogP contribution in [0.4, 0.5) is 0 Å². The lowest BCUT2D eigenvalue weighted by Crippen LogP contribution is -2.24. The summed E-state index contributed by atoms with van der Waals surface area (Å²) >= 11 is 0. The molecule has 1 aromatic rings. The van der Waals surface area contributed by atoms with E-state index in [4.69, 9.17) is 4.74 Å². The number of nitrogens with one attached hydrogen (secondary N) is 1. The van der Waals surface area contributed by atoms with Crippen molar-refractivity contribution in [2.45, 2.75) is 13.3 Å². The Bertz CT molecular complexity index is 419. The summed E-state index contributed by atoms with van der Waals surface area (Å²) in [6.45, 7) is 2.09. The normalized spacial score (nSPS) is 15.0. The number of pyridine rings is 1. The van der Waals surface area contributed by atoms with Crippen molar-refractivity contribution in [3.8, 4) is 0 Å². The minimum atomic E-state index is -0.338. The Labute approximate surface area is 74.5 Å². The van der Waals surface area contributed by atoms with Crippen LogP contribution in [0.1, 0.15) is 21.6 Å². The third-order valence-electron chi connectivity index (χ3n) is 2.11. The maximum atomic E-state index is 11.3. The highest BCUT2D eigenvalue weighted by Crippen LogP contribution is 2.16. The molecule has 13 heavy (non-hydrogen) atoms. The van der Waals surface area contributed by atoms with Crippen LogP contribution in [-0.4, -0.2) is 17.6 Å². The molecule has 0 saturated heterocycles. The van der Waals surface area contributed by atoms with Gasteiger partial charge >= 0.3 is 5.97 Å². The molecule has 0 amide bonds. The van der Waals surface area contributed by atoms with Crippen molar-refractivity contribution in [3.05, 3.63) is 33.2 Å². The Kier molecular flexibility index (Phi) is 1.69. The number of hydrogen-bond donors (Lipinski definition) is 1. The van der Waals surface area contributed by atoms with Crippen LogP contribution in [-0.2, 0) is 11.2 Å². The maximum Gasteiger partial charge on any atom is 0.340 e. The van der Waals surface area contributed by atoms with Gasteiger partial charge in [-0.25, -0.2) is 4.79 Å². The van der Waals surface area contributed by atoms with E-state index in [9.17, 15) is 9.59 Å². The molecule has 2 heterocycles. The fraction of sp³-hybridized carbons (Fsp3) is 0.333. The van der Waals surface area contributed by atoms with E-state index in [0.29, 0.717) is 29.8 Å². The average Bonchev–Trinajstić information content (AvgIpc) is 2.02. The van der Waals surface area contributed by atoms with Crippen molar-refractivity contribution in [1.82, 2.24) is 4.98 Å². The van der Waals surface area contributed by atoms with Gasteiger partial charge in [0, 0.05) is 18.2 Å². The molecule has 4 nitrogen and oxygen atoms in total. The average molecular weight is 179 g/mol. The molecular weight excluding hydrogens is 170 g/mol. The molecule has 0 saturated carbocycles. The summed E-state index contributed by atoms with van der Waals surface area (Å²) in [5, 5.41) is 0. The summed E-state index contributed by atoms with van der Waals surface area (Å²) < 4.78 is 4.86. The Balaban J connectivity index is 2.70. The number of fused-ring (bicyclic) bond motifs is 1. The van der Waals surface area contributed by atoms with E-state index in [0.717, 1.165) is 0 Å².